The van der Waals surface area contributed by atoms with Crippen molar-refractivity contribution in [1.82, 2.24) is 0 Å². The van der Waals surface area contributed by atoms with Gasteiger partial charge in [0, 0.05) is 16.5 Å². The van der Waals surface area contributed by atoms with Crippen LogP contribution in [0.3, 0.4) is 0 Å². The predicted octanol–water partition coefficient (Wildman–Crippen LogP) is 4.84. The summed E-state index contributed by atoms with van der Waals surface area (Å²) in [6.45, 7) is 9.63. The minimum absolute atomic E-state index is 0.445. The largest absolute Gasteiger partial charge is 0.327 e. The summed E-state index contributed by atoms with van der Waals surface area (Å²) in [4.78, 5) is 0. The molecule has 112 valence electrons. The highest BCUT2D eigenvalue weighted by atomic mass is 32.2. The Morgan fingerprint density at radius 1 is 1.00 bits per heavy atom. The molecule has 0 aromatic carbocycles. The lowest BCUT2D eigenvalue weighted by Crippen LogP contribution is -2.42. The van der Waals surface area contributed by atoms with Gasteiger partial charge in [-0.15, -0.1) is 0 Å². The summed E-state index contributed by atoms with van der Waals surface area (Å²) in [5, 5.41) is 1.60. The van der Waals surface area contributed by atoms with Crippen molar-refractivity contribution in [1.29, 1.82) is 0 Å². The molecule has 0 saturated heterocycles. The third-order valence-electron chi connectivity index (χ3n) is 5.32. The fourth-order valence-corrected chi connectivity index (χ4v) is 5.76. The third kappa shape index (κ3) is 4.39. The molecule has 0 aromatic rings. The second-order valence-corrected chi connectivity index (χ2v) is 9.65. The van der Waals surface area contributed by atoms with Crippen LogP contribution in [0.1, 0.15) is 72.6 Å². The van der Waals surface area contributed by atoms with E-state index in [2.05, 4.69) is 39.5 Å². The van der Waals surface area contributed by atoms with Crippen LogP contribution in [0.4, 0.5) is 0 Å². The Hall–Kier alpha value is 0.310. The van der Waals surface area contributed by atoms with E-state index in [0.29, 0.717) is 16.7 Å². The zero-order valence-electron chi connectivity index (χ0n) is 13.3. The zero-order valence-corrected chi connectivity index (χ0v) is 14.1. The van der Waals surface area contributed by atoms with E-state index in [1.54, 1.807) is 0 Å². The van der Waals surface area contributed by atoms with E-state index in [9.17, 15) is 0 Å². The van der Waals surface area contributed by atoms with Crippen molar-refractivity contribution < 1.29 is 0 Å². The highest BCUT2D eigenvalue weighted by Crippen LogP contribution is 2.44. The average Bonchev–Trinajstić information content (AvgIpc) is 2.30. The van der Waals surface area contributed by atoms with Crippen LogP contribution in [0.25, 0.3) is 0 Å². The van der Waals surface area contributed by atoms with Gasteiger partial charge in [-0.3, -0.25) is 0 Å². The molecule has 2 saturated carbocycles. The summed E-state index contributed by atoms with van der Waals surface area (Å²) in [6.07, 6.45) is 9.65. The molecule has 2 aliphatic carbocycles. The topological polar surface area (TPSA) is 26.0 Å². The first-order chi connectivity index (χ1) is 8.86. The monoisotopic (exact) mass is 283 g/mol. The molecule has 2 rings (SSSR count). The van der Waals surface area contributed by atoms with Gasteiger partial charge in [0.15, 0.2) is 0 Å². The maximum Gasteiger partial charge on any atom is 0.0204 e. The van der Waals surface area contributed by atoms with Gasteiger partial charge in [0.1, 0.15) is 0 Å². The minimum Gasteiger partial charge on any atom is -0.327 e. The second kappa shape index (κ2) is 6.39. The van der Waals surface area contributed by atoms with E-state index in [1.807, 2.05) is 0 Å². The molecule has 5 unspecified atom stereocenters. The van der Waals surface area contributed by atoms with Gasteiger partial charge < -0.3 is 5.73 Å². The summed E-state index contributed by atoms with van der Waals surface area (Å²) in [5.41, 5.74) is 6.87. The Kier molecular flexibility index (Phi) is 5.28. The van der Waals surface area contributed by atoms with Gasteiger partial charge in [-0.25, -0.2) is 0 Å². The first-order valence-corrected chi connectivity index (χ1v) is 9.21. The molecule has 0 amide bonds. The Morgan fingerprint density at radius 2 is 1.74 bits per heavy atom. The van der Waals surface area contributed by atoms with Crippen LogP contribution in [-0.2, 0) is 0 Å². The van der Waals surface area contributed by atoms with Gasteiger partial charge in [0.25, 0.3) is 0 Å². The lowest BCUT2D eigenvalue weighted by atomic mass is 9.71. The standard InChI is InChI=1S/C17H33NS/c1-12-6-5-7-14(10-12)19-16-11-13(17(2,3)4)8-9-15(16)18/h12-16H,5-11,18H2,1-4H3. The maximum atomic E-state index is 6.42. The van der Waals surface area contributed by atoms with Gasteiger partial charge in [0.2, 0.25) is 0 Å². The minimum atomic E-state index is 0.445. The van der Waals surface area contributed by atoms with Gasteiger partial charge in [-0.2, -0.15) is 11.8 Å². The van der Waals surface area contributed by atoms with Gasteiger partial charge in [-0.05, 0) is 49.4 Å². The van der Waals surface area contributed by atoms with E-state index in [0.717, 1.165) is 17.1 Å². The van der Waals surface area contributed by atoms with Crippen molar-refractivity contribution in [2.45, 2.75) is 89.2 Å². The molecule has 0 aliphatic heterocycles. The van der Waals surface area contributed by atoms with Crippen molar-refractivity contribution in [2.24, 2.45) is 23.0 Å². The summed E-state index contributed by atoms with van der Waals surface area (Å²) >= 11 is 2.25. The van der Waals surface area contributed by atoms with Crippen LogP contribution in [0.15, 0.2) is 0 Å². The number of thioether (sulfide) groups is 1. The Balaban J connectivity index is 1.90. The van der Waals surface area contributed by atoms with Crippen LogP contribution < -0.4 is 5.73 Å². The molecule has 2 N–H and O–H groups in total. The second-order valence-electron chi connectivity index (χ2n) is 8.11. The molecule has 1 nitrogen and oxygen atoms in total. The predicted molar refractivity (Wildman–Crippen MR) is 87.6 cm³/mol. The Labute approximate surface area is 124 Å². The lowest BCUT2D eigenvalue weighted by Gasteiger charge is -2.42. The Bertz CT molecular complexity index is 283. The van der Waals surface area contributed by atoms with Crippen molar-refractivity contribution in [3.63, 3.8) is 0 Å². The molecule has 2 fully saturated rings. The molecule has 0 heterocycles. The number of rotatable bonds is 2. The molecule has 5 atom stereocenters. The Morgan fingerprint density at radius 3 is 2.37 bits per heavy atom. The van der Waals surface area contributed by atoms with Crippen molar-refractivity contribution >= 4 is 11.8 Å². The van der Waals surface area contributed by atoms with E-state index < -0.39 is 0 Å². The molecule has 0 radical (unpaired) electrons. The van der Waals surface area contributed by atoms with Gasteiger partial charge in [-0.1, -0.05) is 40.5 Å². The lowest BCUT2D eigenvalue weighted by molar-refractivity contribution is 0.173. The SMILES string of the molecule is CC1CCCC(SC2CC(C(C)(C)C)CCC2N)C1. The van der Waals surface area contributed by atoms with Gasteiger partial charge in [0.05, 0.1) is 0 Å². The van der Waals surface area contributed by atoms with Crippen LogP contribution in [0, 0.1) is 17.3 Å². The maximum absolute atomic E-state index is 6.42. The van der Waals surface area contributed by atoms with E-state index in [4.69, 9.17) is 5.73 Å². The first kappa shape index (κ1) is 15.7. The summed E-state index contributed by atoms with van der Waals surface area (Å²) in [7, 11) is 0. The van der Waals surface area contributed by atoms with Crippen LogP contribution >= 0.6 is 11.8 Å². The third-order valence-corrected chi connectivity index (χ3v) is 7.03. The fraction of sp³-hybridized carbons (Fsp3) is 1.00. The number of hydrogen-bond acceptors (Lipinski definition) is 2. The summed E-state index contributed by atoms with van der Waals surface area (Å²) < 4.78 is 0. The van der Waals surface area contributed by atoms with Gasteiger partial charge >= 0.3 is 0 Å². The van der Waals surface area contributed by atoms with Crippen molar-refractivity contribution in [2.75, 3.05) is 0 Å². The highest BCUT2D eigenvalue weighted by Gasteiger charge is 2.36. The van der Waals surface area contributed by atoms with Crippen molar-refractivity contribution in [3.05, 3.63) is 0 Å². The molecule has 2 aliphatic rings. The van der Waals surface area contributed by atoms with Crippen LogP contribution in [-0.4, -0.2) is 16.5 Å². The van der Waals surface area contributed by atoms with Crippen molar-refractivity contribution in [3.8, 4) is 0 Å². The zero-order chi connectivity index (χ0) is 14.0. The molecule has 0 aromatic heterocycles. The molecule has 19 heavy (non-hydrogen) atoms. The number of nitrogens with two attached hydrogens (primary N) is 1. The smallest absolute Gasteiger partial charge is 0.0204 e. The molecule has 0 bridgehead atoms. The highest BCUT2D eigenvalue weighted by molar-refractivity contribution is 8.00. The van der Waals surface area contributed by atoms with E-state index >= 15 is 0 Å². The van der Waals surface area contributed by atoms with E-state index in [-0.39, 0.29) is 0 Å². The quantitative estimate of drug-likeness (QED) is 0.784. The molecule has 0 spiro atoms. The van der Waals surface area contributed by atoms with E-state index in [1.165, 1.54) is 44.9 Å². The van der Waals surface area contributed by atoms with Crippen LogP contribution in [0.5, 0.6) is 0 Å². The summed E-state index contributed by atoms with van der Waals surface area (Å²) in [6, 6.07) is 0.445. The van der Waals surface area contributed by atoms with Crippen LogP contribution in [0.2, 0.25) is 0 Å². The molecular weight excluding hydrogens is 250 g/mol. The molecule has 2 heteroatoms. The number of hydrogen-bond donors (Lipinski definition) is 1. The fourth-order valence-electron chi connectivity index (χ4n) is 3.84. The normalized spacial score (nSPS) is 41.2. The summed E-state index contributed by atoms with van der Waals surface area (Å²) in [5.74, 6) is 1.80. The average molecular weight is 284 g/mol. The molecular formula is C17H33NS. The first-order valence-electron chi connectivity index (χ1n) is 8.27.